The zero-order valence-corrected chi connectivity index (χ0v) is 45.9. The fourth-order valence-corrected chi connectivity index (χ4v) is 7.99. The number of hydrogen-bond donors (Lipinski definition) is 2. The number of phosphoric acid groups is 1. The molecule has 0 radical (unpaired) electrons. The van der Waals surface area contributed by atoms with Gasteiger partial charge in [-0.2, -0.15) is 0 Å². The maximum atomic E-state index is 13.4. The molecule has 10 heteroatoms. The summed E-state index contributed by atoms with van der Waals surface area (Å²) in [7, 11) is 1.43. The molecular weight excluding hydrogens is 880 g/mol. The standard InChI is InChI=1S/C59H103N2O7P/c1-7-10-13-16-19-22-25-27-28-29-30-31-32-34-37-40-43-46-49-52-59(63)68-57(50-47-44-41-38-35-24-21-18-15-12-9-3)56(55-67-69(64,65)66-54-53-61(4,5)6)60-58(62)51-48-45-42-39-36-33-26-23-20-17-14-11-8-2/h10,13,19,22,27-28,30-31,33-34,36-37,43,46-47,50,56-57H,7-9,11-12,14-18,20-21,23-26,29,32,35,38-42,44-45,48-49,51-55H2,1-6H3,(H-,60,62,64,65)/p+1/b13-10-,22-19-,28-27-,31-30-,36-33-,37-34-,46-43-,50-47-. The van der Waals surface area contributed by atoms with Crippen LogP contribution in [-0.2, 0) is 27.9 Å². The van der Waals surface area contributed by atoms with E-state index in [1.807, 2.05) is 45.4 Å². The zero-order chi connectivity index (χ0) is 50.8. The summed E-state index contributed by atoms with van der Waals surface area (Å²) in [5, 5.41) is 3.01. The summed E-state index contributed by atoms with van der Waals surface area (Å²) in [6.07, 6.45) is 64.2. The van der Waals surface area contributed by atoms with Crippen molar-refractivity contribution in [3.63, 3.8) is 0 Å². The fourth-order valence-electron chi connectivity index (χ4n) is 7.25. The van der Waals surface area contributed by atoms with E-state index in [9.17, 15) is 19.0 Å². The monoisotopic (exact) mass is 984 g/mol. The van der Waals surface area contributed by atoms with Gasteiger partial charge in [0, 0.05) is 12.8 Å². The molecule has 2 N–H and O–H groups in total. The molecule has 3 unspecified atom stereocenters. The highest BCUT2D eigenvalue weighted by Crippen LogP contribution is 2.43. The van der Waals surface area contributed by atoms with E-state index in [2.05, 4.69) is 99.0 Å². The second-order valence-electron chi connectivity index (χ2n) is 19.4. The van der Waals surface area contributed by atoms with E-state index in [1.54, 1.807) is 0 Å². The number of phosphoric ester groups is 1. The molecule has 1 amide bonds. The lowest BCUT2D eigenvalue weighted by Crippen LogP contribution is -2.47. The predicted molar refractivity (Wildman–Crippen MR) is 295 cm³/mol. The van der Waals surface area contributed by atoms with Crippen LogP contribution in [0.3, 0.4) is 0 Å². The van der Waals surface area contributed by atoms with Gasteiger partial charge in [0.15, 0.2) is 0 Å². The molecule has 0 aromatic heterocycles. The van der Waals surface area contributed by atoms with Crippen LogP contribution in [0.5, 0.6) is 0 Å². The summed E-state index contributed by atoms with van der Waals surface area (Å²) in [5.41, 5.74) is 0. The van der Waals surface area contributed by atoms with E-state index in [0.29, 0.717) is 30.3 Å². The Balaban J connectivity index is 5.50. The topological polar surface area (TPSA) is 111 Å². The summed E-state index contributed by atoms with van der Waals surface area (Å²) in [6.45, 7) is 6.80. The van der Waals surface area contributed by atoms with Crippen molar-refractivity contribution in [1.82, 2.24) is 5.32 Å². The lowest BCUT2D eigenvalue weighted by Gasteiger charge is -2.27. The molecule has 0 aliphatic heterocycles. The Labute approximate surface area is 424 Å². The number of unbranched alkanes of at least 4 members (excludes halogenated alkanes) is 18. The van der Waals surface area contributed by atoms with Crippen molar-refractivity contribution in [2.24, 2.45) is 0 Å². The first-order chi connectivity index (χ1) is 33.4. The Morgan fingerprint density at radius 3 is 1.42 bits per heavy atom. The minimum Gasteiger partial charge on any atom is -0.456 e. The van der Waals surface area contributed by atoms with Gasteiger partial charge in [0.25, 0.3) is 0 Å². The molecule has 3 atom stereocenters. The zero-order valence-electron chi connectivity index (χ0n) is 45.0. The van der Waals surface area contributed by atoms with Gasteiger partial charge >= 0.3 is 13.8 Å². The second-order valence-corrected chi connectivity index (χ2v) is 20.8. The van der Waals surface area contributed by atoms with E-state index >= 15 is 0 Å². The van der Waals surface area contributed by atoms with Crippen LogP contribution < -0.4 is 5.32 Å². The molecule has 0 aromatic rings. The van der Waals surface area contributed by atoms with Gasteiger partial charge in [0.05, 0.1) is 33.8 Å². The Hall–Kier alpha value is -3.07. The van der Waals surface area contributed by atoms with Crippen LogP contribution >= 0.6 is 7.82 Å². The largest absolute Gasteiger partial charge is 0.472 e. The average Bonchev–Trinajstić information content (AvgIpc) is 3.31. The molecule has 396 valence electrons. The molecule has 0 fully saturated rings. The van der Waals surface area contributed by atoms with Crippen LogP contribution in [0.1, 0.15) is 213 Å². The van der Waals surface area contributed by atoms with Crippen molar-refractivity contribution in [2.45, 2.75) is 226 Å². The highest BCUT2D eigenvalue weighted by Gasteiger charge is 2.30. The molecule has 0 rings (SSSR count). The maximum absolute atomic E-state index is 13.4. The van der Waals surface area contributed by atoms with Crippen molar-refractivity contribution in [1.29, 1.82) is 0 Å². The Morgan fingerprint density at radius 2 is 0.942 bits per heavy atom. The number of ether oxygens (including phenoxy) is 1. The normalized spacial score (nSPS) is 14.6. The van der Waals surface area contributed by atoms with Crippen LogP contribution in [0.4, 0.5) is 0 Å². The van der Waals surface area contributed by atoms with E-state index < -0.39 is 25.9 Å². The van der Waals surface area contributed by atoms with Gasteiger partial charge < -0.3 is 19.4 Å². The molecule has 0 aliphatic carbocycles. The molecular formula is C59H104N2O7P+. The average molecular weight is 984 g/mol. The van der Waals surface area contributed by atoms with Gasteiger partial charge in [0.1, 0.15) is 19.3 Å². The number of esters is 1. The smallest absolute Gasteiger partial charge is 0.456 e. The van der Waals surface area contributed by atoms with Gasteiger partial charge in [0.2, 0.25) is 5.91 Å². The van der Waals surface area contributed by atoms with E-state index in [0.717, 1.165) is 83.5 Å². The van der Waals surface area contributed by atoms with E-state index in [1.165, 1.54) is 83.5 Å². The second kappa shape index (κ2) is 48.6. The Morgan fingerprint density at radius 1 is 0.522 bits per heavy atom. The van der Waals surface area contributed by atoms with Gasteiger partial charge in [-0.15, -0.1) is 0 Å². The van der Waals surface area contributed by atoms with Crippen LogP contribution in [-0.4, -0.2) is 74.3 Å². The summed E-state index contributed by atoms with van der Waals surface area (Å²) in [6, 6.07) is -0.890. The number of rotatable bonds is 48. The Bertz CT molecular complexity index is 1510. The van der Waals surface area contributed by atoms with Crippen molar-refractivity contribution in [2.75, 3.05) is 40.9 Å². The molecule has 0 saturated heterocycles. The van der Waals surface area contributed by atoms with Crippen LogP contribution in [0, 0.1) is 0 Å². The summed E-state index contributed by atoms with van der Waals surface area (Å²) in [4.78, 5) is 37.4. The third kappa shape index (κ3) is 49.7. The highest BCUT2D eigenvalue weighted by atomic mass is 31.2. The predicted octanol–water partition coefficient (Wildman–Crippen LogP) is 16.4. The number of amides is 1. The van der Waals surface area contributed by atoms with Crippen LogP contribution in [0.15, 0.2) is 97.2 Å². The number of allylic oxidation sites excluding steroid dienone is 15. The minimum atomic E-state index is -4.46. The van der Waals surface area contributed by atoms with E-state index in [-0.39, 0.29) is 25.5 Å². The van der Waals surface area contributed by atoms with Crippen molar-refractivity contribution in [3.8, 4) is 0 Å². The van der Waals surface area contributed by atoms with Crippen LogP contribution in [0.2, 0.25) is 0 Å². The lowest BCUT2D eigenvalue weighted by atomic mass is 10.1. The number of nitrogens with one attached hydrogen (secondary N) is 1. The number of carbonyl (C=O) groups excluding carboxylic acids is 2. The van der Waals surface area contributed by atoms with Crippen molar-refractivity contribution >= 4 is 19.7 Å². The summed E-state index contributed by atoms with van der Waals surface area (Å²) >= 11 is 0. The summed E-state index contributed by atoms with van der Waals surface area (Å²) < 4.78 is 30.4. The molecule has 0 heterocycles. The fraction of sp³-hybridized carbons (Fsp3) is 0.695. The minimum absolute atomic E-state index is 0.0220. The molecule has 0 saturated carbocycles. The van der Waals surface area contributed by atoms with Gasteiger partial charge in [-0.05, 0) is 96.0 Å². The highest BCUT2D eigenvalue weighted by molar-refractivity contribution is 7.47. The lowest BCUT2D eigenvalue weighted by molar-refractivity contribution is -0.870. The number of likely N-dealkylation sites (N-methyl/N-ethyl adjacent to an activating group) is 1. The molecule has 0 bridgehead atoms. The van der Waals surface area contributed by atoms with Crippen molar-refractivity contribution in [3.05, 3.63) is 97.2 Å². The molecule has 0 aliphatic rings. The molecule has 69 heavy (non-hydrogen) atoms. The van der Waals surface area contributed by atoms with Crippen molar-refractivity contribution < 1.29 is 37.3 Å². The van der Waals surface area contributed by atoms with Crippen LogP contribution in [0.25, 0.3) is 0 Å². The number of nitrogens with zero attached hydrogens (tertiary/aromatic N) is 1. The number of hydrogen-bond acceptors (Lipinski definition) is 6. The van der Waals surface area contributed by atoms with Gasteiger partial charge in [-0.25, -0.2) is 4.57 Å². The SMILES string of the molecule is CC/C=C\C/C=C\C/C=C\C/C=C\C/C=C\C/C=C\CCC(=O)OC(/C=C\CCCCCCCCCCC)C(COP(=O)(O)OCC[N+](C)(C)C)NC(=O)CCCCC/C=C\CCCCCCCC. The quantitative estimate of drug-likeness (QED) is 0.0205. The molecule has 0 aromatic carbocycles. The first-order valence-electron chi connectivity index (χ1n) is 27.6. The number of carbonyl (C=O) groups is 2. The first-order valence-corrected chi connectivity index (χ1v) is 29.1. The summed E-state index contributed by atoms with van der Waals surface area (Å²) in [5.74, 6) is -0.630. The van der Waals surface area contributed by atoms with Gasteiger partial charge in [-0.1, -0.05) is 202 Å². The third-order valence-corrected chi connectivity index (χ3v) is 12.5. The maximum Gasteiger partial charge on any atom is 0.472 e. The number of quaternary nitrogens is 1. The van der Waals surface area contributed by atoms with Gasteiger partial charge in [-0.3, -0.25) is 18.6 Å². The van der Waals surface area contributed by atoms with E-state index in [4.69, 9.17) is 13.8 Å². The first kappa shape index (κ1) is 65.9. The molecule has 0 spiro atoms. The Kier molecular flexibility index (Phi) is 46.4. The molecule has 9 nitrogen and oxygen atoms in total. The third-order valence-electron chi connectivity index (χ3n) is 11.5.